The van der Waals surface area contributed by atoms with E-state index in [-0.39, 0.29) is 17.9 Å². The fourth-order valence-corrected chi connectivity index (χ4v) is 3.32. The van der Waals surface area contributed by atoms with Gasteiger partial charge in [-0.15, -0.1) is 0 Å². The molecule has 150 valence electrons. The zero-order valence-electron chi connectivity index (χ0n) is 16.6. The fraction of sp³-hybridized carbons (Fsp3) is 0.125. The maximum Gasteiger partial charge on any atom is 0.319 e. The summed E-state index contributed by atoms with van der Waals surface area (Å²) in [5, 5.41) is 5.84. The van der Waals surface area contributed by atoms with Crippen LogP contribution in [0.5, 0.6) is 0 Å². The van der Waals surface area contributed by atoms with Crippen molar-refractivity contribution in [2.24, 2.45) is 0 Å². The molecule has 2 amide bonds. The van der Waals surface area contributed by atoms with Gasteiger partial charge in [-0.05, 0) is 55.3 Å². The normalized spacial score (nSPS) is 11.8. The molecular weight excluding hydrogens is 376 g/mol. The van der Waals surface area contributed by atoms with Crippen LogP contribution in [-0.2, 0) is 6.42 Å². The van der Waals surface area contributed by atoms with Gasteiger partial charge in [0.25, 0.3) is 0 Å². The number of rotatable bonds is 6. The Morgan fingerprint density at radius 2 is 1.63 bits per heavy atom. The summed E-state index contributed by atoms with van der Waals surface area (Å²) in [7, 11) is 0. The standard InChI is InChI=1S/C24H22N4O2/c1-16(29)18-11-13-19(14-12-18)25-24(30)28-22(15-17-7-3-2-4-8-17)23-26-20-9-5-6-10-21(20)27-23/h2-14,22H,15H2,1H3,(H,26,27)(H2,25,28,30)/t22-/m0/s1. The highest BCUT2D eigenvalue weighted by atomic mass is 16.2. The minimum Gasteiger partial charge on any atom is -0.340 e. The number of hydrogen-bond acceptors (Lipinski definition) is 3. The Kier molecular flexibility index (Phi) is 5.57. The second-order valence-electron chi connectivity index (χ2n) is 7.11. The third kappa shape index (κ3) is 4.55. The van der Waals surface area contributed by atoms with Crippen molar-refractivity contribution in [1.29, 1.82) is 0 Å². The number of nitrogens with zero attached hydrogens (tertiary/aromatic N) is 1. The molecule has 30 heavy (non-hydrogen) atoms. The van der Waals surface area contributed by atoms with Crippen LogP contribution in [0.2, 0.25) is 0 Å². The minimum atomic E-state index is -0.341. The molecule has 6 heteroatoms. The second kappa shape index (κ2) is 8.61. The molecule has 0 saturated carbocycles. The predicted molar refractivity (Wildman–Crippen MR) is 118 cm³/mol. The van der Waals surface area contributed by atoms with Crippen LogP contribution >= 0.6 is 0 Å². The zero-order chi connectivity index (χ0) is 20.9. The van der Waals surface area contributed by atoms with E-state index >= 15 is 0 Å². The molecule has 0 fully saturated rings. The summed E-state index contributed by atoms with van der Waals surface area (Å²) in [4.78, 5) is 32.1. The number of H-pyrrole nitrogens is 1. The number of nitrogens with one attached hydrogen (secondary N) is 3. The Morgan fingerprint density at radius 1 is 0.933 bits per heavy atom. The Labute approximate surface area is 174 Å². The van der Waals surface area contributed by atoms with Gasteiger partial charge < -0.3 is 15.6 Å². The Bertz CT molecular complexity index is 1130. The lowest BCUT2D eigenvalue weighted by molar-refractivity contribution is 0.101. The Balaban J connectivity index is 1.54. The van der Waals surface area contributed by atoms with Gasteiger partial charge in [0.05, 0.1) is 17.1 Å². The summed E-state index contributed by atoms with van der Waals surface area (Å²) in [5.74, 6) is 0.681. The van der Waals surface area contributed by atoms with E-state index in [0.717, 1.165) is 16.6 Å². The first-order valence-electron chi connectivity index (χ1n) is 9.75. The number of para-hydroxylation sites is 2. The molecule has 0 radical (unpaired) electrons. The molecule has 0 aliphatic carbocycles. The van der Waals surface area contributed by atoms with Crippen LogP contribution in [0.3, 0.4) is 0 Å². The Hall–Kier alpha value is -3.93. The van der Waals surface area contributed by atoms with Crippen molar-refractivity contribution in [3.05, 3.63) is 95.8 Å². The number of amides is 2. The molecule has 0 aliphatic rings. The highest BCUT2D eigenvalue weighted by Crippen LogP contribution is 2.20. The van der Waals surface area contributed by atoms with Gasteiger partial charge in [-0.1, -0.05) is 42.5 Å². The van der Waals surface area contributed by atoms with Gasteiger partial charge in [0.1, 0.15) is 5.82 Å². The molecule has 0 aliphatic heterocycles. The monoisotopic (exact) mass is 398 g/mol. The van der Waals surface area contributed by atoms with Crippen molar-refractivity contribution >= 4 is 28.5 Å². The molecule has 0 bridgehead atoms. The summed E-state index contributed by atoms with van der Waals surface area (Å²) in [5.41, 5.74) is 4.08. The summed E-state index contributed by atoms with van der Waals surface area (Å²) in [6.45, 7) is 1.51. The first-order chi connectivity index (χ1) is 14.6. The third-order valence-electron chi connectivity index (χ3n) is 4.88. The van der Waals surface area contributed by atoms with Gasteiger partial charge in [-0.2, -0.15) is 0 Å². The number of imidazole rings is 1. The van der Waals surface area contributed by atoms with Crippen molar-refractivity contribution in [3.63, 3.8) is 0 Å². The van der Waals surface area contributed by atoms with Crippen molar-refractivity contribution in [3.8, 4) is 0 Å². The van der Waals surface area contributed by atoms with E-state index < -0.39 is 0 Å². The molecule has 3 N–H and O–H groups in total. The molecule has 0 unspecified atom stereocenters. The molecule has 3 aromatic carbocycles. The second-order valence-corrected chi connectivity index (χ2v) is 7.11. The van der Waals surface area contributed by atoms with E-state index in [9.17, 15) is 9.59 Å². The van der Waals surface area contributed by atoms with E-state index in [1.807, 2.05) is 54.6 Å². The predicted octanol–water partition coefficient (Wildman–Crippen LogP) is 4.87. The number of hydrogen-bond donors (Lipinski definition) is 3. The number of carbonyl (C=O) groups is 2. The lowest BCUT2D eigenvalue weighted by Gasteiger charge is -2.17. The number of carbonyl (C=O) groups excluding carboxylic acids is 2. The largest absolute Gasteiger partial charge is 0.340 e. The van der Waals surface area contributed by atoms with E-state index in [2.05, 4.69) is 20.6 Å². The van der Waals surface area contributed by atoms with Gasteiger partial charge >= 0.3 is 6.03 Å². The maximum atomic E-state index is 12.7. The highest BCUT2D eigenvalue weighted by molar-refractivity contribution is 5.95. The number of Topliss-reactive ketones (excluding diaryl/α,β-unsaturated/α-hetero) is 1. The molecule has 1 heterocycles. The lowest BCUT2D eigenvalue weighted by Crippen LogP contribution is -2.34. The molecule has 1 aromatic heterocycles. The van der Waals surface area contributed by atoms with Crippen LogP contribution in [0, 0.1) is 0 Å². The average molecular weight is 398 g/mol. The molecule has 1 atom stereocenters. The smallest absolute Gasteiger partial charge is 0.319 e. The molecule has 4 rings (SSSR count). The Morgan fingerprint density at radius 3 is 2.33 bits per heavy atom. The van der Waals surface area contributed by atoms with Gasteiger partial charge in [0.2, 0.25) is 0 Å². The summed E-state index contributed by atoms with van der Waals surface area (Å²) in [6, 6.07) is 23.9. The highest BCUT2D eigenvalue weighted by Gasteiger charge is 2.19. The van der Waals surface area contributed by atoms with Crippen molar-refractivity contribution < 1.29 is 9.59 Å². The van der Waals surface area contributed by atoms with Crippen molar-refractivity contribution in [2.45, 2.75) is 19.4 Å². The molecule has 0 saturated heterocycles. The van der Waals surface area contributed by atoms with Crippen LogP contribution in [0.1, 0.15) is 34.7 Å². The van der Waals surface area contributed by atoms with Crippen LogP contribution in [0.4, 0.5) is 10.5 Å². The van der Waals surface area contributed by atoms with Crippen LogP contribution in [-0.4, -0.2) is 21.8 Å². The number of benzene rings is 3. The van der Waals surface area contributed by atoms with E-state index in [1.165, 1.54) is 6.92 Å². The number of anilines is 1. The summed E-state index contributed by atoms with van der Waals surface area (Å²) in [6.07, 6.45) is 0.595. The lowest BCUT2D eigenvalue weighted by atomic mass is 10.1. The number of aromatic amines is 1. The zero-order valence-corrected chi connectivity index (χ0v) is 16.6. The first kappa shape index (κ1) is 19.4. The fourth-order valence-electron chi connectivity index (χ4n) is 3.32. The number of ketones is 1. The van der Waals surface area contributed by atoms with E-state index in [4.69, 9.17) is 0 Å². The average Bonchev–Trinajstić information content (AvgIpc) is 3.19. The first-order valence-corrected chi connectivity index (χ1v) is 9.75. The van der Waals surface area contributed by atoms with Gasteiger partial charge in [0, 0.05) is 11.3 Å². The van der Waals surface area contributed by atoms with E-state index in [0.29, 0.717) is 23.5 Å². The van der Waals surface area contributed by atoms with Crippen molar-refractivity contribution in [2.75, 3.05) is 5.32 Å². The maximum absolute atomic E-state index is 12.7. The SMILES string of the molecule is CC(=O)c1ccc(NC(=O)N[C@@H](Cc2ccccc2)c2nc3ccccc3[nH]2)cc1. The molecule has 0 spiro atoms. The molecule has 4 aromatic rings. The number of aromatic nitrogens is 2. The quantitative estimate of drug-likeness (QED) is 0.405. The summed E-state index contributed by atoms with van der Waals surface area (Å²) >= 11 is 0. The minimum absolute atomic E-state index is 0.0150. The topological polar surface area (TPSA) is 86.9 Å². The number of fused-ring (bicyclic) bond motifs is 1. The van der Waals surface area contributed by atoms with Crippen LogP contribution in [0.15, 0.2) is 78.9 Å². The van der Waals surface area contributed by atoms with Crippen molar-refractivity contribution in [1.82, 2.24) is 15.3 Å². The van der Waals surface area contributed by atoms with Gasteiger partial charge in [-0.3, -0.25) is 4.79 Å². The molecular formula is C24H22N4O2. The summed E-state index contributed by atoms with van der Waals surface area (Å²) < 4.78 is 0. The van der Waals surface area contributed by atoms with E-state index in [1.54, 1.807) is 24.3 Å². The van der Waals surface area contributed by atoms with Crippen LogP contribution in [0.25, 0.3) is 11.0 Å². The molecule has 6 nitrogen and oxygen atoms in total. The third-order valence-corrected chi connectivity index (χ3v) is 4.88. The van der Waals surface area contributed by atoms with Gasteiger partial charge in [-0.25, -0.2) is 9.78 Å². The van der Waals surface area contributed by atoms with Gasteiger partial charge in [0.15, 0.2) is 5.78 Å². The van der Waals surface area contributed by atoms with Crippen LogP contribution < -0.4 is 10.6 Å². The number of urea groups is 1.